The van der Waals surface area contributed by atoms with Crippen LogP contribution in [0.4, 0.5) is 0 Å². The van der Waals surface area contributed by atoms with Crippen LogP contribution in [0.2, 0.25) is 0 Å². The minimum absolute atomic E-state index is 0.00182. The van der Waals surface area contributed by atoms with Gasteiger partial charge in [-0.05, 0) is 29.5 Å². The number of amides is 1. The summed E-state index contributed by atoms with van der Waals surface area (Å²) in [7, 11) is 0. The lowest BCUT2D eigenvalue weighted by Crippen LogP contribution is -2.29. The monoisotopic (exact) mass is 320 g/mol. The maximum Gasteiger partial charge on any atom is 0.223 e. The number of hydrogen-bond donors (Lipinski definition) is 0. The third-order valence-electron chi connectivity index (χ3n) is 4.70. The van der Waals surface area contributed by atoms with Crippen molar-refractivity contribution in [3.8, 4) is 0 Å². The lowest BCUT2D eigenvalue weighted by atomic mass is 9.93. The first-order valence-corrected chi connectivity index (χ1v) is 8.14. The zero-order chi connectivity index (χ0) is 16.9. The third-order valence-corrected chi connectivity index (χ3v) is 4.70. The summed E-state index contributed by atoms with van der Waals surface area (Å²) in [6.45, 7) is 2.65. The van der Waals surface area contributed by atoms with Gasteiger partial charge in [-0.15, -0.1) is 0 Å². The van der Waals surface area contributed by atoms with Crippen molar-refractivity contribution in [3.63, 3.8) is 0 Å². The summed E-state index contributed by atoms with van der Waals surface area (Å²) in [4.78, 5) is 17.4. The van der Waals surface area contributed by atoms with Crippen LogP contribution in [0, 0.1) is 5.92 Å². The molecule has 5 nitrogen and oxygen atoms in total. The number of carbonyl (C=O) groups is 1. The normalized spacial score (nSPS) is 19.6. The van der Waals surface area contributed by atoms with Crippen molar-refractivity contribution in [2.45, 2.75) is 25.4 Å². The van der Waals surface area contributed by atoms with Gasteiger partial charge in [-0.2, -0.15) is 0 Å². The second-order valence-corrected chi connectivity index (χ2v) is 6.16. The quantitative estimate of drug-likeness (QED) is 0.449. The highest BCUT2D eigenvalue weighted by molar-refractivity contribution is 5.79. The Bertz CT molecular complexity index is 740. The van der Waals surface area contributed by atoms with Crippen molar-refractivity contribution in [3.05, 3.63) is 82.2 Å². The number of likely N-dealkylation sites (tertiary alicyclic amines) is 1. The highest BCUT2D eigenvalue weighted by Gasteiger charge is 2.37. The molecule has 0 bridgehead atoms. The Labute approximate surface area is 141 Å². The summed E-state index contributed by atoms with van der Waals surface area (Å²) < 4.78 is 0. The molecule has 3 rings (SSSR count). The largest absolute Gasteiger partial charge is 0.336 e. The first kappa shape index (κ1) is 16.1. The topological polar surface area (TPSA) is 69.1 Å². The van der Waals surface area contributed by atoms with Crippen LogP contribution in [0.25, 0.3) is 10.4 Å². The van der Waals surface area contributed by atoms with Crippen LogP contribution in [0.15, 0.2) is 65.8 Å². The van der Waals surface area contributed by atoms with E-state index in [1.165, 1.54) is 0 Å². The maximum absolute atomic E-state index is 12.5. The Morgan fingerprint density at radius 1 is 1.08 bits per heavy atom. The minimum Gasteiger partial charge on any atom is -0.336 e. The molecule has 1 amide bonds. The Hall–Kier alpha value is -2.78. The number of rotatable bonds is 5. The van der Waals surface area contributed by atoms with Crippen molar-refractivity contribution in [1.82, 2.24) is 4.90 Å². The number of nitrogens with zero attached hydrogens (tertiary/aromatic N) is 4. The smallest absolute Gasteiger partial charge is 0.223 e. The number of azide groups is 1. The molecule has 3 atom stereocenters. The van der Waals surface area contributed by atoms with Gasteiger partial charge in [0, 0.05) is 17.9 Å². The van der Waals surface area contributed by atoms with Gasteiger partial charge in [-0.3, -0.25) is 4.79 Å². The van der Waals surface area contributed by atoms with E-state index < -0.39 is 0 Å². The summed E-state index contributed by atoms with van der Waals surface area (Å²) >= 11 is 0. The van der Waals surface area contributed by atoms with Crippen LogP contribution in [0.3, 0.4) is 0 Å². The van der Waals surface area contributed by atoms with Crippen molar-refractivity contribution >= 4 is 5.91 Å². The van der Waals surface area contributed by atoms with Gasteiger partial charge >= 0.3 is 0 Å². The fraction of sp³-hybridized carbons (Fsp3) is 0.316. The standard InChI is InChI=1S/C19H20N4O/c1-14(15-8-4-2-5-9-15)23-13-17(12-18(23)24)19(21-22-20)16-10-6-3-7-11-16/h2-11,14,17,19H,12-13H2,1H3/t14-,17+,19?/m0/s1. The highest BCUT2D eigenvalue weighted by atomic mass is 16.2. The average molecular weight is 320 g/mol. The molecule has 0 aliphatic carbocycles. The molecule has 0 saturated carbocycles. The van der Waals surface area contributed by atoms with Gasteiger partial charge in [0.1, 0.15) is 0 Å². The van der Waals surface area contributed by atoms with Crippen molar-refractivity contribution < 1.29 is 4.79 Å². The molecule has 1 heterocycles. The molecule has 122 valence electrons. The maximum atomic E-state index is 12.5. The Balaban J connectivity index is 1.81. The van der Waals surface area contributed by atoms with E-state index in [-0.39, 0.29) is 23.9 Å². The lowest BCUT2D eigenvalue weighted by Gasteiger charge is -2.26. The van der Waals surface area contributed by atoms with Gasteiger partial charge in [0.15, 0.2) is 0 Å². The Morgan fingerprint density at radius 2 is 1.67 bits per heavy atom. The first-order valence-electron chi connectivity index (χ1n) is 8.14. The zero-order valence-corrected chi connectivity index (χ0v) is 13.6. The molecule has 0 N–H and O–H groups in total. The highest BCUT2D eigenvalue weighted by Crippen LogP contribution is 2.37. The third kappa shape index (κ3) is 3.26. The van der Waals surface area contributed by atoms with E-state index in [1.807, 2.05) is 72.5 Å². The molecule has 5 heteroatoms. The molecule has 1 unspecified atom stereocenters. The summed E-state index contributed by atoms with van der Waals surface area (Å²) in [5, 5.41) is 3.98. The van der Waals surface area contributed by atoms with Crippen LogP contribution in [-0.4, -0.2) is 17.4 Å². The van der Waals surface area contributed by atoms with Crippen molar-refractivity contribution in [1.29, 1.82) is 0 Å². The molecule has 0 spiro atoms. The van der Waals surface area contributed by atoms with Gasteiger partial charge in [-0.25, -0.2) is 0 Å². The van der Waals surface area contributed by atoms with Crippen molar-refractivity contribution in [2.24, 2.45) is 11.0 Å². The number of carbonyl (C=O) groups excluding carboxylic acids is 1. The van der Waals surface area contributed by atoms with Gasteiger partial charge in [0.25, 0.3) is 0 Å². The summed E-state index contributed by atoms with van der Waals surface area (Å²) in [6.07, 6.45) is 0.412. The van der Waals surface area contributed by atoms with E-state index in [1.54, 1.807) is 0 Å². The SMILES string of the molecule is C[C@@H](c1ccccc1)N1C[C@H](C(N=[N+]=[N-])c2ccccc2)CC1=O. The summed E-state index contributed by atoms with van der Waals surface area (Å²) in [5.41, 5.74) is 11.0. The molecule has 1 fully saturated rings. The van der Waals surface area contributed by atoms with E-state index >= 15 is 0 Å². The van der Waals surface area contributed by atoms with E-state index in [9.17, 15) is 4.79 Å². The van der Waals surface area contributed by atoms with E-state index in [2.05, 4.69) is 10.0 Å². The minimum atomic E-state index is -0.312. The van der Waals surface area contributed by atoms with Gasteiger partial charge in [-0.1, -0.05) is 65.8 Å². The average Bonchev–Trinajstić information content (AvgIpc) is 3.02. The molecular formula is C19H20N4O. The van der Waals surface area contributed by atoms with Crippen LogP contribution in [0.1, 0.15) is 36.6 Å². The van der Waals surface area contributed by atoms with E-state index in [0.29, 0.717) is 13.0 Å². The first-order chi connectivity index (χ1) is 11.7. The predicted octanol–water partition coefficient (Wildman–Crippen LogP) is 4.65. The molecule has 2 aromatic rings. The molecule has 0 radical (unpaired) electrons. The molecule has 0 aromatic heterocycles. The zero-order valence-electron chi connectivity index (χ0n) is 13.6. The fourth-order valence-corrected chi connectivity index (χ4v) is 3.40. The second-order valence-electron chi connectivity index (χ2n) is 6.16. The van der Waals surface area contributed by atoms with Crippen LogP contribution in [0.5, 0.6) is 0 Å². The van der Waals surface area contributed by atoms with Gasteiger partial charge in [0.2, 0.25) is 5.91 Å². The summed E-state index contributed by atoms with van der Waals surface area (Å²) in [5.74, 6) is 0.118. The van der Waals surface area contributed by atoms with Crippen LogP contribution in [-0.2, 0) is 4.79 Å². The van der Waals surface area contributed by atoms with Crippen molar-refractivity contribution in [2.75, 3.05) is 6.54 Å². The Morgan fingerprint density at radius 3 is 2.25 bits per heavy atom. The molecule has 1 saturated heterocycles. The van der Waals surface area contributed by atoms with Crippen LogP contribution >= 0.6 is 0 Å². The second kappa shape index (κ2) is 7.20. The molecule has 24 heavy (non-hydrogen) atoms. The molecular weight excluding hydrogens is 300 g/mol. The van der Waals surface area contributed by atoms with E-state index in [4.69, 9.17) is 5.53 Å². The Kier molecular flexibility index (Phi) is 4.82. The summed E-state index contributed by atoms with van der Waals surface area (Å²) in [6, 6.07) is 19.4. The van der Waals surface area contributed by atoms with Gasteiger partial charge < -0.3 is 4.90 Å². The number of benzene rings is 2. The molecule has 1 aliphatic heterocycles. The lowest BCUT2D eigenvalue weighted by molar-refractivity contribution is -0.129. The molecule has 1 aliphatic rings. The fourth-order valence-electron chi connectivity index (χ4n) is 3.40. The molecule has 2 aromatic carbocycles. The van der Waals surface area contributed by atoms with E-state index in [0.717, 1.165) is 11.1 Å². The number of hydrogen-bond acceptors (Lipinski definition) is 2. The predicted molar refractivity (Wildman–Crippen MR) is 93.0 cm³/mol. The van der Waals surface area contributed by atoms with Crippen LogP contribution < -0.4 is 0 Å². The van der Waals surface area contributed by atoms with Gasteiger partial charge in [0.05, 0.1) is 12.1 Å².